The monoisotopic (exact) mass is 184 g/mol. The molecule has 0 aliphatic rings. The molecule has 0 spiro atoms. The normalized spacial score (nSPS) is 8.31. The molecule has 0 unspecified atom stereocenters. The Morgan fingerprint density at radius 3 is 2.08 bits per heavy atom. The lowest BCUT2D eigenvalue weighted by Crippen LogP contribution is -2.00. The van der Waals surface area contributed by atoms with Gasteiger partial charge in [-0.25, -0.2) is 9.18 Å². The minimum atomic E-state index is -0.454. The second-order valence-electron chi connectivity index (χ2n) is 2.00. The van der Waals surface area contributed by atoms with Crippen LogP contribution < -0.4 is 0 Å². The van der Waals surface area contributed by atoms with Crippen molar-refractivity contribution in [2.75, 3.05) is 7.11 Å². The maximum Gasteiger partial charge on any atom is 0.337 e. The van der Waals surface area contributed by atoms with Crippen molar-refractivity contribution < 1.29 is 13.9 Å². The van der Waals surface area contributed by atoms with Crippen molar-refractivity contribution >= 4 is 5.97 Å². The molecule has 0 saturated carbocycles. The van der Waals surface area contributed by atoms with Gasteiger partial charge in [0.15, 0.2) is 0 Å². The van der Waals surface area contributed by atoms with Crippen molar-refractivity contribution in [3.05, 3.63) is 35.6 Å². The quantitative estimate of drug-likeness (QED) is 0.627. The van der Waals surface area contributed by atoms with Crippen molar-refractivity contribution in [2.24, 2.45) is 0 Å². The lowest BCUT2D eigenvalue weighted by molar-refractivity contribution is 0.0600. The summed E-state index contributed by atoms with van der Waals surface area (Å²) in [6.07, 6.45) is 0. The average Bonchev–Trinajstić information content (AvgIpc) is 2.21. The largest absolute Gasteiger partial charge is 0.465 e. The molecule has 0 fully saturated rings. The Balaban J connectivity index is 0.000000671. The molecule has 0 bridgehead atoms. The van der Waals surface area contributed by atoms with Crippen LogP contribution in [0.25, 0.3) is 0 Å². The van der Waals surface area contributed by atoms with E-state index in [1.807, 2.05) is 13.8 Å². The second-order valence-corrected chi connectivity index (χ2v) is 2.00. The zero-order valence-electron chi connectivity index (χ0n) is 8.00. The van der Waals surface area contributed by atoms with Crippen LogP contribution in [0.2, 0.25) is 0 Å². The summed E-state index contributed by atoms with van der Waals surface area (Å²) in [7, 11) is 1.28. The number of benzene rings is 1. The zero-order valence-corrected chi connectivity index (χ0v) is 8.00. The average molecular weight is 184 g/mol. The summed E-state index contributed by atoms with van der Waals surface area (Å²) in [5.74, 6) is -0.817. The lowest BCUT2D eigenvalue weighted by Gasteiger charge is -1.96. The van der Waals surface area contributed by atoms with E-state index in [1.54, 1.807) is 0 Å². The van der Waals surface area contributed by atoms with Crippen LogP contribution in [0.4, 0.5) is 4.39 Å². The first-order valence-corrected chi connectivity index (χ1v) is 4.08. The van der Waals surface area contributed by atoms with Gasteiger partial charge >= 0.3 is 5.97 Å². The maximum atomic E-state index is 12.3. The predicted molar refractivity (Wildman–Crippen MR) is 49.1 cm³/mol. The minimum absolute atomic E-state index is 0.355. The summed E-state index contributed by atoms with van der Waals surface area (Å²) in [6, 6.07) is 5.18. The molecule has 0 amide bonds. The number of hydrogen-bond acceptors (Lipinski definition) is 2. The molecule has 72 valence electrons. The Bertz CT molecular complexity index is 254. The fourth-order valence-corrected chi connectivity index (χ4v) is 0.704. The van der Waals surface area contributed by atoms with E-state index in [2.05, 4.69) is 4.74 Å². The number of methoxy groups -OCH3 is 1. The fourth-order valence-electron chi connectivity index (χ4n) is 0.704. The van der Waals surface area contributed by atoms with Crippen LogP contribution in [0.1, 0.15) is 24.2 Å². The van der Waals surface area contributed by atoms with Crippen LogP contribution in [0.5, 0.6) is 0 Å². The summed E-state index contributed by atoms with van der Waals surface area (Å²) < 4.78 is 16.7. The van der Waals surface area contributed by atoms with Crippen molar-refractivity contribution in [2.45, 2.75) is 13.8 Å². The molecule has 1 aromatic rings. The molecule has 13 heavy (non-hydrogen) atoms. The Morgan fingerprint density at radius 1 is 1.23 bits per heavy atom. The molecule has 0 aliphatic carbocycles. The van der Waals surface area contributed by atoms with Gasteiger partial charge in [0, 0.05) is 0 Å². The van der Waals surface area contributed by atoms with Gasteiger partial charge in [-0.1, -0.05) is 13.8 Å². The van der Waals surface area contributed by atoms with Gasteiger partial charge in [-0.15, -0.1) is 0 Å². The van der Waals surface area contributed by atoms with E-state index >= 15 is 0 Å². The molecule has 2 nitrogen and oxygen atoms in total. The topological polar surface area (TPSA) is 26.3 Å². The Hall–Kier alpha value is -1.38. The first kappa shape index (κ1) is 11.6. The van der Waals surface area contributed by atoms with Gasteiger partial charge < -0.3 is 4.74 Å². The zero-order chi connectivity index (χ0) is 10.3. The van der Waals surface area contributed by atoms with Crippen LogP contribution in [0.15, 0.2) is 24.3 Å². The van der Waals surface area contributed by atoms with Crippen molar-refractivity contribution in [3.63, 3.8) is 0 Å². The maximum absolute atomic E-state index is 12.3. The van der Waals surface area contributed by atoms with E-state index in [9.17, 15) is 9.18 Å². The van der Waals surface area contributed by atoms with Gasteiger partial charge in [0.25, 0.3) is 0 Å². The van der Waals surface area contributed by atoms with Crippen LogP contribution in [-0.4, -0.2) is 13.1 Å². The van der Waals surface area contributed by atoms with Crippen molar-refractivity contribution in [1.29, 1.82) is 0 Å². The van der Waals surface area contributed by atoms with Gasteiger partial charge in [-0.2, -0.15) is 0 Å². The number of esters is 1. The van der Waals surface area contributed by atoms with E-state index in [4.69, 9.17) is 0 Å². The molecule has 0 aromatic heterocycles. The molecule has 0 atom stereocenters. The molecule has 1 aromatic carbocycles. The third-order valence-electron chi connectivity index (χ3n) is 1.27. The SMILES string of the molecule is CC.COC(=O)c1ccc(F)cc1. The smallest absolute Gasteiger partial charge is 0.337 e. The first-order valence-electron chi connectivity index (χ1n) is 4.08. The number of hydrogen-bond donors (Lipinski definition) is 0. The highest BCUT2D eigenvalue weighted by Gasteiger charge is 2.02. The van der Waals surface area contributed by atoms with Crippen molar-refractivity contribution in [3.8, 4) is 0 Å². The molecule has 0 radical (unpaired) electrons. The number of rotatable bonds is 1. The molecule has 0 N–H and O–H groups in total. The predicted octanol–water partition coefficient (Wildman–Crippen LogP) is 2.64. The highest BCUT2D eigenvalue weighted by molar-refractivity contribution is 5.89. The minimum Gasteiger partial charge on any atom is -0.465 e. The van der Waals surface area contributed by atoms with E-state index in [0.29, 0.717) is 5.56 Å². The van der Waals surface area contributed by atoms with Crippen LogP contribution in [-0.2, 0) is 4.74 Å². The van der Waals surface area contributed by atoms with Gasteiger partial charge in [0.2, 0.25) is 0 Å². The molecule has 1 rings (SSSR count). The summed E-state index contributed by atoms with van der Waals surface area (Å²) >= 11 is 0. The number of halogens is 1. The second kappa shape index (κ2) is 6.17. The van der Waals surface area contributed by atoms with Gasteiger partial charge in [0.1, 0.15) is 5.82 Å². The molecule has 0 heterocycles. The molecule has 0 aliphatic heterocycles. The Labute approximate surface area is 77.3 Å². The van der Waals surface area contributed by atoms with E-state index < -0.39 is 5.97 Å². The van der Waals surface area contributed by atoms with Gasteiger partial charge in [0.05, 0.1) is 12.7 Å². The number of carbonyl (C=O) groups excluding carboxylic acids is 1. The molecule has 0 saturated heterocycles. The summed E-state index contributed by atoms with van der Waals surface area (Å²) in [5, 5.41) is 0. The van der Waals surface area contributed by atoms with Gasteiger partial charge in [-0.3, -0.25) is 0 Å². The molecular formula is C10H13FO2. The standard InChI is InChI=1S/C8H7FO2.C2H6/c1-11-8(10)6-2-4-7(9)5-3-6;1-2/h2-5H,1H3;1-2H3. The third kappa shape index (κ3) is 3.69. The first-order chi connectivity index (χ1) is 6.24. The number of ether oxygens (including phenoxy) is 1. The highest BCUT2D eigenvalue weighted by Crippen LogP contribution is 2.03. The van der Waals surface area contributed by atoms with Crippen molar-refractivity contribution in [1.82, 2.24) is 0 Å². The van der Waals surface area contributed by atoms with Crippen LogP contribution in [0.3, 0.4) is 0 Å². The highest BCUT2D eigenvalue weighted by atomic mass is 19.1. The fraction of sp³-hybridized carbons (Fsp3) is 0.300. The molecular weight excluding hydrogens is 171 g/mol. The molecule has 3 heteroatoms. The third-order valence-corrected chi connectivity index (χ3v) is 1.27. The Morgan fingerprint density at radius 2 is 1.69 bits per heavy atom. The van der Waals surface area contributed by atoms with E-state index in [0.717, 1.165) is 0 Å². The van der Waals surface area contributed by atoms with E-state index in [-0.39, 0.29) is 5.82 Å². The van der Waals surface area contributed by atoms with Crippen LogP contribution in [0, 0.1) is 5.82 Å². The lowest BCUT2D eigenvalue weighted by atomic mass is 10.2. The summed E-state index contributed by atoms with van der Waals surface area (Å²) in [6.45, 7) is 4.00. The van der Waals surface area contributed by atoms with Crippen LogP contribution >= 0.6 is 0 Å². The Kier molecular flexibility index (Phi) is 5.52. The summed E-state index contributed by atoms with van der Waals surface area (Å²) in [5.41, 5.74) is 0.355. The number of carbonyl (C=O) groups is 1. The van der Waals surface area contributed by atoms with E-state index in [1.165, 1.54) is 31.4 Å². The van der Waals surface area contributed by atoms with Gasteiger partial charge in [-0.05, 0) is 24.3 Å². The summed E-state index contributed by atoms with van der Waals surface area (Å²) in [4.78, 5) is 10.8.